The van der Waals surface area contributed by atoms with Gasteiger partial charge in [0.15, 0.2) is 5.78 Å². The summed E-state index contributed by atoms with van der Waals surface area (Å²) in [6, 6.07) is 14.0. The predicted octanol–water partition coefficient (Wildman–Crippen LogP) is 6.71. The number of carbonyl (C=O) groups is 1. The standard InChI is InChI=1S/C22H19NO2S2.CH4/c1-13-10-15(11-19(25-3)14(13)2)18(24)12-21-16(8-9-26-21)22-23-17-6-4-5-7-20(17)27-22;/h4-11H,12H2,1-3H3;1H4. The number of hydrogen-bond acceptors (Lipinski definition) is 5. The highest BCUT2D eigenvalue weighted by Gasteiger charge is 2.17. The van der Waals surface area contributed by atoms with Crippen LogP contribution in [0.5, 0.6) is 5.75 Å². The molecule has 0 radical (unpaired) electrons. The molecular formula is C23H23NO2S2. The number of carbonyl (C=O) groups excluding carboxylic acids is 1. The van der Waals surface area contributed by atoms with Crippen molar-refractivity contribution in [3.8, 4) is 16.3 Å². The molecule has 4 aromatic rings. The summed E-state index contributed by atoms with van der Waals surface area (Å²) in [6.45, 7) is 4.01. The van der Waals surface area contributed by atoms with Crippen LogP contribution in [-0.4, -0.2) is 17.9 Å². The number of thiazole rings is 1. The molecule has 0 amide bonds. The highest BCUT2D eigenvalue weighted by atomic mass is 32.1. The molecule has 2 aromatic heterocycles. The van der Waals surface area contributed by atoms with Gasteiger partial charge < -0.3 is 4.74 Å². The van der Waals surface area contributed by atoms with E-state index >= 15 is 0 Å². The van der Waals surface area contributed by atoms with Crippen molar-refractivity contribution in [1.82, 2.24) is 4.98 Å². The molecule has 0 aliphatic carbocycles. The Hall–Kier alpha value is -2.50. The zero-order valence-electron chi connectivity index (χ0n) is 15.4. The molecule has 0 saturated carbocycles. The molecule has 144 valence electrons. The molecule has 28 heavy (non-hydrogen) atoms. The number of aryl methyl sites for hydroxylation is 1. The number of rotatable bonds is 5. The van der Waals surface area contributed by atoms with Gasteiger partial charge in [-0.2, -0.15) is 0 Å². The molecule has 0 aliphatic heterocycles. The van der Waals surface area contributed by atoms with Gasteiger partial charge in [0.1, 0.15) is 10.8 Å². The zero-order valence-corrected chi connectivity index (χ0v) is 17.0. The third kappa shape index (κ3) is 3.73. The van der Waals surface area contributed by atoms with Crippen molar-refractivity contribution in [1.29, 1.82) is 0 Å². The minimum atomic E-state index is 0. The van der Waals surface area contributed by atoms with Crippen LogP contribution < -0.4 is 4.74 Å². The van der Waals surface area contributed by atoms with E-state index in [1.807, 2.05) is 49.6 Å². The molecule has 0 unspecified atom stereocenters. The monoisotopic (exact) mass is 409 g/mol. The number of Topliss-reactive ketones (excluding diaryl/α,β-unsaturated/α-hetero) is 1. The summed E-state index contributed by atoms with van der Waals surface area (Å²) >= 11 is 3.28. The van der Waals surface area contributed by atoms with E-state index in [-0.39, 0.29) is 13.2 Å². The maximum atomic E-state index is 12.9. The second kappa shape index (κ2) is 8.25. The first-order valence-corrected chi connectivity index (χ1v) is 10.4. The largest absolute Gasteiger partial charge is 0.496 e. The number of para-hydroxylation sites is 1. The Labute approximate surface area is 173 Å². The van der Waals surface area contributed by atoms with E-state index in [1.165, 1.54) is 0 Å². The van der Waals surface area contributed by atoms with Gasteiger partial charge in [0, 0.05) is 22.4 Å². The Morgan fingerprint density at radius 1 is 1.14 bits per heavy atom. The topological polar surface area (TPSA) is 39.2 Å². The molecule has 0 saturated heterocycles. The van der Waals surface area contributed by atoms with E-state index < -0.39 is 0 Å². The fourth-order valence-corrected chi connectivity index (χ4v) is 5.06. The average Bonchev–Trinajstić information content (AvgIpc) is 3.29. The minimum absolute atomic E-state index is 0. The molecule has 0 N–H and O–H groups in total. The van der Waals surface area contributed by atoms with Crippen LogP contribution in [0.15, 0.2) is 47.8 Å². The summed E-state index contributed by atoms with van der Waals surface area (Å²) in [5.74, 6) is 0.858. The number of ether oxygens (including phenoxy) is 1. The van der Waals surface area contributed by atoms with Crippen LogP contribution in [-0.2, 0) is 6.42 Å². The molecule has 4 rings (SSSR count). The number of methoxy groups -OCH3 is 1. The minimum Gasteiger partial charge on any atom is -0.496 e. The lowest BCUT2D eigenvalue weighted by molar-refractivity contribution is 0.0993. The van der Waals surface area contributed by atoms with Crippen LogP contribution in [0.2, 0.25) is 0 Å². The van der Waals surface area contributed by atoms with E-state index in [1.54, 1.807) is 29.8 Å². The number of thiophene rings is 1. The summed E-state index contributed by atoms with van der Waals surface area (Å²) in [6.07, 6.45) is 0.370. The first-order chi connectivity index (χ1) is 13.1. The van der Waals surface area contributed by atoms with Crippen molar-refractivity contribution < 1.29 is 9.53 Å². The van der Waals surface area contributed by atoms with Gasteiger partial charge in [-0.3, -0.25) is 4.79 Å². The summed E-state index contributed by atoms with van der Waals surface area (Å²) < 4.78 is 6.58. The quantitative estimate of drug-likeness (QED) is 0.344. The maximum Gasteiger partial charge on any atom is 0.168 e. The lowest BCUT2D eigenvalue weighted by Crippen LogP contribution is -2.05. The van der Waals surface area contributed by atoms with Crippen molar-refractivity contribution in [2.75, 3.05) is 7.11 Å². The number of aromatic nitrogens is 1. The molecule has 0 atom stereocenters. The highest BCUT2D eigenvalue weighted by Crippen LogP contribution is 2.35. The predicted molar refractivity (Wildman–Crippen MR) is 120 cm³/mol. The van der Waals surface area contributed by atoms with E-state index in [9.17, 15) is 4.79 Å². The molecule has 2 heterocycles. The van der Waals surface area contributed by atoms with Crippen molar-refractivity contribution in [2.45, 2.75) is 27.7 Å². The fourth-order valence-electron chi connectivity index (χ4n) is 3.10. The fraction of sp³-hybridized carbons (Fsp3) is 0.217. The molecule has 3 nitrogen and oxygen atoms in total. The zero-order chi connectivity index (χ0) is 19.0. The number of nitrogens with zero attached hydrogens (tertiary/aromatic N) is 1. The van der Waals surface area contributed by atoms with E-state index in [0.29, 0.717) is 12.0 Å². The molecule has 0 fully saturated rings. The van der Waals surface area contributed by atoms with Crippen LogP contribution in [0, 0.1) is 13.8 Å². The van der Waals surface area contributed by atoms with Crippen molar-refractivity contribution in [3.63, 3.8) is 0 Å². The van der Waals surface area contributed by atoms with Crippen LogP contribution in [0.3, 0.4) is 0 Å². The van der Waals surface area contributed by atoms with Crippen LogP contribution in [0.1, 0.15) is 33.8 Å². The van der Waals surface area contributed by atoms with E-state index in [4.69, 9.17) is 9.72 Å². The van der Waals surface area contributed by atoms with Crippen molar-refractivity contribution in [3.05, 3.63) is 69.4 Å². The van der Waals surface area contributed by atoms with Crippen LogP contribution in [0.4, 0.5) is 0 Å². The normalized spacial score (nSPS) is 10.7. The summed E-state index contributed by atoms with van der Waals surface area (Å²) in [5, 5.41) is 3.00. The Bertz CT molecular complexity index is 1110. The summed E-state index contributed by atoms with van der Waals surface area (Å²) in [7, 11) is 1.64. The van der Waals surface area contributed by atoms with Crippen molar-refractivity contribution in [2.24, 2.45) is 0 Å². The van der Waals surface area contributed by atoms with Gasteiger partial charge in [-0.05, 0) is 60.7 Å². The molecule has 2 aromatic carbocycles. The Morgan fingerprint density at radius 3 is 2.68 bits per heavy atom. The Kier molecular flexibility index (Phi) is 5.96. The Balaban J connectivity index is 0.00000225. The van der Waals surface area contributed by atoms with E-state index in [2.05, 4.69) is 12.1 Å². The van der Waals surface area contributed by atoms with Gasteiger partial charge in [-0.15, -0.1) is 22.7 Å². The average molecular weight is 410 g/mol. The van der Waals surface area contributed by atoms with Gasteiger partial charge in [0.2, 0.25) is 0 Å². The molecule has 0 spiro atoms. The summed E-state index contributed by atoms with van der Waals surface area (Å²) in [5.41, 5.74) is 4.89. The van der Waals surface area contributed by atoms with Gasteiger partial charge in [-0.25, -0.2) is 4.98 Å². The molecular weight excluding hydrogens is 386 g/mol. The molecule has 0 aliphatic rings. The van der Waals surface area contributed by atoms with E-state index in [0.717, 1.165) is 42.5 Å². The van der Waals surface area contributed by atoms with Crippen LogP contribution >= 0.6 is 22.7 Å². The molecule has 0 bridgehead atoms. The summed E-state index contributed by atoms with van der Waals surface area (Å²) in [4.78, 5) is 18.7. The van der Waals surface area contributed by atoms with Crippen molar-refractivity contribution >= 4 is 38.7 Å². The highest BCUT2D eigenvalue weighted by molar-refractivity contribution is 7.22. The van der Waals surface area contributed by atoms with Gasteiger partial charge in [-0.1, -0.05) is 19.6 Å². The lowest BCUT2D eigenvalue weighted by Gasteiger charge is -2.10. The lowest BCUT2D eigenvalue weighted by atomic mass is 10.00. The molecule has 5 heteroatoms. The first-order valence-electron chi connectivity index (χ1n) is 8.67. The van der Waals surface area contributed by atoms with Crippen LogP contribution in [0.25, 0.3) is 20.8 Å². The number of fused-ring (bicyclic) bond motifs is 1. The van der Waals surface area contributed by atoms with Gasteiger partial charge in [0.05, 0.1) is 17.3 Å². The number of benzene rings is 2. The third-order valence-electron chi connectivity index (χ3n) is 4.75. The third-order valence-corrected chi connectivity index (χ3v) is 6.74. The second-order valence-electron chi connectivity index (χ2n) is 6.46. The smallest absolute Gasteiger partial charge is 0.168 e. The van der Waals surface area contributed by atoms with Gasteiger partial charge >= 0.3 is 0 Å². The SMILES string of the molecule is C.COc1cc(C(=O)Cc2sccc2-c2nc3ccccc3s2)cc(C)c1C. The first kappa shape index (κ1) is 20.2. The maximum absolute atomic E-state index is 12.9. The Morgan fingerprint density at radius 2 is 1.93 bits per heavy atom. The number of hydrogen-bond donors (Lipinski definition) is 0. The second-order valence-corrected chi connectivity index (χ2v) is 8.50. The number of ketones is 1. The van der Waals surface area contributed by atoms with Gasteiger partial charge in [0.25, 0.3) is 0 Å².